The topological polar surface area (TPSA) is 93.0 Å². The molecular weight excluding hydrogens is 476 g/mol. The van der Waals surface area contributed by atoms with Crippen LogP contribution < -0.4 is 5.32 Å². The number of aromatic nitrogens is 4. The molecule has 180 valence electrons. The van der Waals surface area contributed by atoms with E-state index in [2.05, 4.69) is 27.1 Å². The van der Waals surface area contributed by atoms with Crippen LogP contribution in [0.5, 0.6) is 0 Å². The smallest absolute Gasteiger partial charge is 0.298 e. The largest absolute Gasteiger partial charge is 0.330 e. The molecule has 5 rings (SSSR count). The van der Waals surface area contributed by atoms with Gasteiger partial charge in [0.15, 0.2) is 0 Å². The van der Waals surface area contributed by atoms with Crippen molar-refractivity contribution in [1.82, 2.24) is 24.6 Å². The molecule has 3 aromatic heterocycles. The fourth-order valence-corrected chi connectivity index (χ4v) is 4.70. The quantitative estimate of drug-likeness (QED) is 0.415. The fourth-order valence-electron chi connectivity index (χ4n) is 4.45. The molecule has 4 aromatic rings. The van der Waals surface area contributed by atoms with E-state index in [1.807, 2.05) is 22.9 Å². The Morgan fingerprint density at radius 3 is 2.72 bits per heavy atom. The van der Waals surface area contributed by atoms with Gasteiger partial charge >= 0.3 is 0 Å². The Morgan fingerprint density at radius 2 is 1.97 bits per heavy atom. The molecular formula is C27H23ClN6O2. The van der Waals surface area contributed by atoms with Gasteiger partial charge < -0.3 is 10.2 Å². The van der Waals surface area contributed by atoms with E-state index in [1.165, 1.54) is 0 Å². The van der Waals surface area contributed by atoms with E-state index in [0.717, 1.165) is 29.3 Å². The lowest BCUT2D eigenvalue weighted by Crippen LogP contribution is -2.40. The number of anilines is 1. The van der Waals surface area contributed by atoms with E-state index in [9.17, 15) is 9.59 Å². The third kappa shape index (κ3) is 4.66. The Labute approximate surface area is 213 Å². The van der Waals surface area contributed by atoms with Crippen molar-refractivity contribution in [3.63, 3.8) is 0 Å². The van der Waals surface area contributed by atoms with E-state index < -0.39 is 0 Å². The number of amides is 2. The van der Waals surface area contributed by atoms with Gasteiger partial charge in [-0.1, -0.05) is 35.7 Å². The first-order valence-electron chi connectivity index (χ1n) is 11.6. The lowest BCUT2D eigenvalue weighted by molar-refractivity contribution is -0.126. The molecule has 0 radical (unpaired) electrons. The highest BCUT2D eigenvalue weighted by molar-refractivity contribution is 6.35. The molecule has 1 fully saturated rings. The highest BCUT2D eigenvalue weighted by atomic mass is 35.5. The second-order valence-electron chi connectivity index (χ2n) is 8.48. The molecule has 9 heteroatoms. The number of pyridine rings is 2. The Kier molecular flexibility index (Phi) is 6.65. The number of halogens is 1. The van der Waals surface area contributed by atoms with Crippen molar-refractivity contribution in [3.8, 4) is 23.1 Å². The highest BCUT2D eigenvalue weighted by Crippen LogP contribution is 2.35. The van der Waals surface area contributed by atoms with Gasteiger partial charge in [0.05, 0.1) is 16.6 Å². The summed E-state index contributed by atoms with van der Waals surface area (Å²) in [6.45, 7) is 2.84. The van der Waals surface area contributed by atoms with E-state index >= 15 is 0 Å². The number of nitrogens with zero attached hydrogens (tertiary/aromatic N) is 5. The Morgan fingerprint density at radius 1 is 1.14 bits per heavy atom. The standard InChI is InChI=1S/C27H23ClN6O2/c1-2-6-24(35)33-14-5-7-20(17-33)34-26-21(15-29-16-22(26)28)25(32-34)18-9-11-19(12-10-18)27(36)31-23-8-3-4-13-30-23/h3-4,8-13,15-16,20H,5,7,14,17H2,1H3,(H,30,31,36). The minimum Gasteiger partial charge on any atom is -0.330 e. The molecule has 1 aliphatic rings. The van der Waals surface area contributed by atoms with Crippen molar-refractivity contribution < 1.29 is 9.59 Å². The van der Waals surface area contributed by atoms with Crippen LogP contribution in [0.1, 0.15) is 36.2 Å². The van der Waals surface area contributed by atoms with Gasteiger partial charge in [-0.15, -0.1) is 0 Å². The number of piperidine rings is 1. The summed E-state index contributed by atoms with van der Waals surface area (Å²) in [5.74, 6) is 5.38. The van der Waals surface area contributed by atoms with E-state index in [0.29, 0.717) is 35.2 Å². The molecule has 0 saturated carbocycles. The highest BCUT2D eigenvalue weighted by Gasteiger charge is 2.28. The minimum atomic E-state index is -0.248. The first-order chi connectivity index (χ1) is 17.5. The van der Waals surface area contributed by atoms with Gasteiger partial charge in [-0.05, 0) is 50.0 Å². The molecule has 0 bridgehead atoms. The maximum absolute atomic E-state index is 12.6. The monoisotopic (exact) mass is 498 g/mol. The SMILES string of the molecule is CC#CC(=O)N1CCCC(n2nc(-c3ccc(C(=O)Nc4ccccn4)cc3)c3cncc(Cl)c32)C1. The van der Waals surface area contributed by atoms with Gasteiger partial charge in [-0.2, -0.15) is 5.10 Å². The third-order valence-electron chi connectivity index (χ3n) is 6.15. The van der Waals surface area contributed by atoms with E-state index in [1.54, 1.807) is 54.7 Å². The molecule has 0 spiro atoms. The summed E-state index contributed by atoms with van der Waals surface area (Å²) in [6, 6.07) is 12.5. The van der Waals surface area contributed by atoms with Crippen LogP contribution in [0.3, 0.4) is 0 Å². The molecule has 1 aromatic carbocycles. The van der Waals surface area contributed by atoms with Crippen LogP contribution in [-0.4, -0.2) is 49.6 Å². The lowest BCUT2D eigenvalue weighted by atomic mass is 10.1. The second kappa shape index (κ2) is 10.2. The van der Waals surface area contributed by atoms with Crippen molar-refractivity contribution in [2.24, 2.45) is 0 Å². The summed E-state index contributed by atoms with van der Waals surface area (Å²) in [5, 5.41) is 9.02. The van der Waals surface area contributed by atoms with Crippen LogP contribution >= 0.6 is 11.6 Å². The summed E-state index contributed by atoms with van der Waals surface area (Å²) in [7, 11) is 0. The molecule has 0 aliphatic carbocycles. The Balaban J connectivity index is 1.46. The van der Waals surface area contributed by atoms with Crippen LogP contribution in [-0.2, 0) is 4.79 Å². The molecule has 36 heavy (non-hydrogen) atoms. The van der Waals surface area contributed by atoms with Crippen molar-refractivity contribution >= 4 is 40.1 Å². The fraction of sp³-hybridized carbons (Fsp3) is 0.222. The minimum absolute atomic E-state index is 0.0408. The van der Waals surface area contributed by atoms with Crippen LogP contribution in [0.25, 0.3) is 22.2 Å². The number of likely N-dealkylation sites (tertiary alicyclic amines) is 1. The van der Waals surface area contributed by atoms with Crippen molar-refractivity contribution in [2.75, 3.05) is 18.4 Å². The molecule has 1 unspecified atom stereocenters. The number of benzene rings is 1. The van der Waals surface area contributed by atoms with Crippen molar-refractivity contribution in [3.05, 3.63) is 71.6 Å². The van der Waals surface area contributed by atoms with Crippen LogP contribution in [0.4, 0.5) is 5.82 Å². The Hall–Kier alpha value is -4.22. The van der Waals surface area contributed by atoms with Gasteiger partial charge in [-0.3, -0.25) is 19.3 Å². The summed E-state index contributed by atoms with van der Waals surface area (Å²) >= 11 is 6.59. The summed E-state index contributed by atoms with van der Waals surface area (Å²) < 4.78 is 1.91. The number of rotatable bonds is 4. The normalized spacial score (nSPS) is 15.3. The molecule has 1 N–H and O–H groups in total. The third-order valence-corrected chi connectivity index (χ3v) is 6.43. The number of hydrogen-bond donors (Lipinski definition) is 1. The molecule has 1 saturated heterocycles. The van der Waals surface area contributed by atoms with Crippen LogP contribution in [0, 0.1) is 11.8 Å². The van der Waals surface area contributed by atoms with E-state index in [4.69, 9.17) is 16.7 Å². The zero-order valence-electron chi connectivity index (χ0n) is 19.6. The lowest BCUT2D eigenvalue weighted by Gasteiger charge is -2.32. The van der Waals surface area contributed by atoms with Gasteiger partial charge in [-0.25, -0.2) is 4.98 Å². The number of hydrogen-bond acceptors (Lipinski definition) is 5. The number of nitrogens with one attached hydrogen (secondary N) is 1. The predicted octanol–water partition coefficient (Wildman–Crippen LogP) is 4.59. The molecule has 1 atom stereocenters. The molecule has 2 amide bonds. The number of fused-ring (bicyclic) bond motifs is 1. The number of carbonyl (C=O) groups is 2. The van der Waals surface area contributed by atoms with Gasteiger partial charge in [0.1, 0.15) is 11.5 Å². The molecule has 8 nitrogen and oxygen atoms in total. The maximum Gasteiger partial charge on any atom is 0.298 e. The van der Waals surface area contributed by atoms with Gasteiger partial charge in [0.25, 0.3) is 11.8 Å². The van der Waals surface area contributed by atoms with Gasteiger partial charge in [0.2, 0.25) is 0 Å². The average Bonchev–Trinajstić information content (AvgIpc) is 3.31. The van der Waals surface area contributed by atoms with Crippen molar-refractivity contribution in [1.29, 1.82) is 0 Å². The average molecular weight is 499 g/mol. The molecule has 4 heterocycles. The summed E-state index contributed by atoms with van der Waals surface area (Å²) in [5.41, 5.74) is 2.83. The Bertz CT molecular complexity index is 1490. The van der Waals surface area contributed by atoms with Crippen LogP contribution in [0.15, 0.2) is 61.1 Å². The second-order valence-corrected chi connectivity index (χ2v) is 8.89. The predicted molar refractivity (Wildman–Crippen MR) is 138 cm³/mol. The van der Waals surface area contributed by atoms with E-state index in [-0.39, 0.29) is 17.9 Å². The summed E-state index contributed by atoms with van der Waals surface area (Å²) in [6.07, 6.45) is 6.69. The first-order valence-corrected chi connectivity index (χ1v) is 12.0. The molecule has 1 aliphatic heterocycles. The van der Waals surface area contributed by atoms with Crippen molar-refractivity contribution in [2.45, 2.75) is 25.8 Å². The maximum atomic E-state index is 12.6. The van der Waals surface area contributed by atoms with Gasteiger partial charge in [0, 0.05) is 48.2 Å². The zero-order valence-corrected chi connectivity index (χ0v) is 20.4. The summed E-state index contributed by atoms with van der Waals surface area (Å²) in [4.78, 5) is 35.2. The van der Waals surface area contributed by atoms with Crippen LogP contribution in [0.2, 0.25) is 5.02 Å². The zero-order chi connectivity index (χ0) is 25.1. The number of carbonyl (C=O) groups excluding carboxylic acids is 2. The first kappa shape index (κ1) is 23.5.